The molecule has 0 fully saturated rings. The fourth-order valence-corrected chi connectivity index (χ4v) is 3.28. The predicted octanol–water partition coefficient (Wildman–Crippen LogP) is 4.44. The lowest BCUT2D eigenvalue weighted by Gasteiger charge is -2.18. The van der Waals surface area contributed by atoms with Gasteiger partial charge in [0, 0.05) is 29.1 Å². The lowest BCUT2D eigenvalue weighted by Crippen LogP contribution is -2.18. The number of imidazole rings is 1. The molecule has 0 radical (unpaired) electrons. The van der Waals surface area contributed by atoms with E-state index in [1.807, 2.05) is 6.07 Å². The number of pyridine rings is 2. The number of benzene rings is 1. The third kappa shape index (κ3) is 3.13. The summed E-state index contributed by atoms with van der Waals surface area (Å²) in [4.78, 5) is 8.29. The smallest absolute Gasteiger partial charge is 0.174 e. The number of aliphatic hydroxyl groups is 1. The fraction of sp³-hybridized carbons (Fsp3) is 0.136. The summed E-state index contributed by atoms with van der Waals surface area (Å²) in [5.74, 6) is -1.14. The zero-order valence-electron chi connectivity index (χ0n) is 15.7. The Bertz CT molecular complexity index is 1280. The molecule has 0 aliphatic heterocycles. The Morgan fingerprint density at radius 3 is 2.66 bits per heavy atom. The molecule has 3 heterocycles. The number of rotatable bonds is 3. The first kappa shape index (κ1) is 18.7. The highest BCUT2D eigenvalue weighted by Crippen LogP contribution is 2.32. The van der Waals surface area contributed by atoms with Gasteiger partial charge in [0.25, 0.3) is 0 Å². The molecule has 0 saturated heterocycles. The standard InChI is InChI=1S/C22H16F2N4O/c1-22(2,29)16-7-9-28-18(12-27-21(28)19(16)24)13-5-6-17(23)15(10-13)20-14(11-25)4-3-8-26-20/h3-10,12,29H,1-2H3. The fourth-order valence-electron chi connectivity index (χ4n) is 3.28. The summed E-state index contributed by atoms with van der Waals surface area (Å²) in [5.41, 5.74) is 0.614. The summed E-state index contributed by atoms with van der Waals surface area (Å²) in [6, 6.07) is 11.1. The number of aromatic nitrogens is 3. The van der Waals surface area contributed by atoms with Crippen LogP contribution in [-0.2, 0) is 5.60 Å². The Labute approximate surface area is 165 Å². The van der Waals surface area contributed by atoms with Gasteiger partial charge >= 0.3 is 0 Å². The molecule has 0 aliphatic carbocycles. The monoisotopic (exact) mass is 390 g/mol. The molecule has 5 nitrogen and oxygen atoms in total. The second kappa shape index (κ2) is 6.76. The van der Waals surface area contributed by atoms with Gasteiger partial charge in [-0.25, -0.2) is 13.8 Å². The molecule has 0 saturated carbocycles. The largest absolute Gasteiger partial charge is 0.386 e. The number of hydrogen-bond donors (Lipinski definition) is 1. The minimum absolute atomic E-state index is 0.0565. The van der Waals surface area contributed by atoms with Crippen molar-refractivity contribution in [2.45, 2.75) is 19.4 Å². The van der Waals surface area contributed by atoms with Crippen molar-refractivity contribution in [2.75, 3.05) is 0 Å². The molecule has 29 heavy (non-hydrogen) atoms. The molecule has 0 aliphatic rings. The van der Waals surface area contributed by atoms with E-state index in [-0.39, 0.29) is 28.0 Å². The van der Waals surface area contributed by atoms with E-state index in [1.54, 1.807) is 30.5 Å². The number of nitriles is 1. The summed E-state index contributed by atoms with van der Waals surface area (Å²) in [6.07, 6.45) is 4.58. The molecule has 1 aromatic carbocycles. The lowest BCUT2D eigenvalue weighted by atomic mass is 9.99. The normalized spacial score (nSPS) is 11.6. The van der Waals surface area contributed by atoms with Crippen LogP contribution in [0.1, 0.15) is 25.0 Å². The highest BCUT2D eigenvalue weighted by molar-refractivity contribution is 5.74. The van der Waals surface area contributed by atoms with Gasteiger partial charge in [0.2, 0.25) is 0 Å². The quantitative estimate of drug-likeness (QED) is 0.561. The van der Waals surface area contributed by atoms with Crippen molar-refractivity contribution in [3.8, 4) is 28.6 Å². The van der Waals surface area contributed by atoms with Crippen molar-refractivity contribution in [3.05, 3.63) is 77.8 Å². The van der Waals surface area contributed by atoms with E-state index in [4.69, 9.17) is 0 Å². The van der Waals surface area contributed by atoms with Gasteiger partial charge in [-0.1, -0.05) is 0 Å². The highest BCUT2D eigenvalue weighted by Gasteiger charge is 2.24. The van der Waals surface area contributed by atoms with Crippen LogP contribution in [-0.4, -0.2) is 19.5 Å². The third-order valence-corrected chi connectivity index (χ3v) is 4.72. The summed E-state index contributed by atoms with van der Waals surface area (Å²) in [5, 5.41) is 19.4. The van der Waals surface area contributed by atoms with Crippen molar-refractivity contribution in [3.63, 3.8) is 0 Å². The van der Waals surface area contributed by atoms with E-state index in [2.05, 4.69) is 9.97 Å². The van der Waals surface area contributed by atoms with Crippen LogP contribution in [0.5, 0.6) is 0 Å². The maximum Gasteiger partial charge on any atom is 0.174 e. The number of nitrogens with zero attached hydrogens (tertiary/aromatic N) is 4. The Morgan fingerprint density at radius 1 is 1.14 bits per heavy atom. The Hall–Kier alpha value is -3.63. The van der Waals surface area contributed by atoms with Gasteiger partial charge in [0.1, 0.15) is 11.9 Å². The topological polar surface area (TPSA) is 74.2 Å². The van der Waals surface area contributed by atoms with E-state index in [0.29, 0.717) is 11.3 Å². The summed E-state index contributed by atoms with van der Waals surface area (Å²) in [6.45, 7) is 3.00. The molecule has 0 amide bonds. The van der Waals surface area contributed by atoms with E-state index < -0.39 is 17.2 Å². The van der Waals surface area contributed by atoms with Crippen LogP contribution in [0.4, 0.5) is 8.78 Å². The van der Waals surface area contributed by atoms with Gasteiger partial charge < -0.3 is 5.11 Å². The molecular weight excluding hydrogens is 374 g/mol. The maximum atomic E-state index is 14.9. The number of halogens is 2. The zero-order valence-corrected chi connectivity index (χ0v) is 15.7. The van der Waals surface area contributed by atoms with Gasteiger partial charge in [0.05, 0.1) is 28.7 Å². The average Bonchev–Trinajstić information content (AvgIpc) is 3.13. The molecule has 0 spiro atoms. The van der Waals surface area contributed by atoms with Crippen molar-refractivity contribution >= 4 is 5.65 Å². The van der Waals surface area contributed by atoms with Crippen LogP contribution < -0.4 is 0 Å². The van der Waals surface area contributed by atoms with Gasteiger partial charge in [-0.05, 0) is 50.2 Å². The molecular formula is C22H16F2N4O. The van der Waals surface area contributed by atoms with E-state index in [1.165, 1.54) is 42.8 Å². The SMILES string of the molecule is CC(C)(O)c1ccn2c(-c3ccc(F)c(-c4ncccc4C#N)c3)cnc2c1F. The van der Waals surface area contributed by atoms with Crippen LogP contribution in [0.2, 0.25) is 0 Å². The van der Waals surface area contributed by atoms with Gasteiger partial charge in [-0.15, -0.1) is 0 Å². The van der Waals surface area contributed by atoms with Crippen LogP contribution >= 0.6 is 0 Å². The third-order valence-electron chi connectivity index (χ3n) is 4.72. The molecule has 0 bridgehead atoms. The summed E-state index contributed by atoms with van der Waals surface area (Å²) < 4.78 is 30.9. The second-order valence-electron chi connectivity index (χ2n) is 7.15. The Kier molecular flexibility index (Phi) is 4.36. The van der Waals surface area contributed by atoms with E-state index in [0.717, 1.165) is 0 Å². The molecule has 0 unspecified atom stereocenters. The average molecular weight is 390 g/mol. The lowest BCUT2D eigenvalue weighted by molar-refractivity contribution is 0.0746. The van der Waals surface area contributed by atoms with Crippen LogP contribution in [0.3, 0.4) is 0 Å². The minimum Gasteiger partial charge on any atom is -0.386 e. The van der Waals surface area contributed by atoms with Crippen molar-refractivity contribution in [1.29, 1.82) is 5.26 Å². The molecule has 4 rings (SSSR count). The van der Waals surface area contributed by atoms with Gasteiger partial charge in [-0.2, -0.15) is 5.26 Å². The predicted molar refractivity (Wildman–Crippen MR) is 104 cm³/mol. The Morgan fingerprint density at radius 2 is 1.93 bits per heavy atom. The first-order valence-electron chi connectivity index (χ1n) is 8.85. The number of fused-ring (bicyclic) bond motifs is 1. The first-order chi connectivity index (χ1) is 13.8. The number of hydrogen-bond acceptors (Lipinski definition) is 4. The minimum atomic E-state index is -1.35. The van der Waals surface area contributed by atoms with Crippen molar-refractivity contribution in [2.24, 2.45) is 0 Å². The van der Waals surface area contributed by atoms with Crippen molar-refractivity contribution < 1.29 is 13.9 Å². The maximum absolute atomic E-state index is 14.9. The van der Waals surface area contributed by atoms with Gasteiger partial charge in [-0.3, -0.25) is 9.38 Å². The highest BCUT2D eigenvalue weighted by atomic mass is 19.1. The second-order valence-corrected chi connectivity index (χ2v) is 7.15. The zero-order chi connectivity index (χ0) is 20.8. The molecule has 1 N–H and O–H groups in total. The molecule has 4 aromatic rings. The van der Waals surface area contributed by atoms with Crippen LogP contribution in [0.25, 0.3) is 28.2 Å². The first-order valence-corrected chi connectivity index (χ1v) is 8.85. The molecule has 7 heteroatoms. The van der Waals surface area contributed by atoms with Crippen LogP contribution in [0.15, 0.2) is 55.0 Å². The van der Waals surface area contributed by atoms with E-state index >= 15 is 0 Å². The Balaban J connectivity index is 1.90. The molecule has 0 atom stereocenters. The summed E-state index contributed by atoms with van der Waals surface area (Å²) in [7, 11) is 0. The molecule has 3 aromatic heterocycles. The van der Waals surface area contributed by atoms with E-state index in [9.17, 15) is 19.1 Å². The summed E-state index contributed by atoms with van der Waals surface area (Å²) >= 11 is 0. The van der Waals surface area contributed by atoms with Gasteiger partial charge in [0.15, 0.2) is 11.5 Å². The van der Waals surface area contributed by atoms with Crippen LogP contribution in [0, 0.1) is 23.0 Å². The van der Waals surface area contributed by atoms with Crippen molar-refractivity contribution in [1.82, 2.24) is 14.4 Å². The molecule has 144 valence electrons.